The van der Waals surface area contributed by atoms with E-state index in [1.165, 1.54) is 36.0 Å². The number of rotatable bonds is 8. The van der Waals surface area contributed by atoms with Gasteiger partial charge in [0.2, 0.25) is 0 Å². The second-order valence-electron chi connectivity index (χ2n) is 5.51. The number of carbonyl (C=O) groups is 1. The number of hydrogen-bond donors (Lipinski definition) is 2. The van der Waals surface area contributed by atoms with Crippen molar-refractivity contribution in [2.45, 2.75) is 32.1 Å². The Morgan fingerprint density at radius 3 is 2.26 bits per heavy atom. The van der Waals surface area contributed by atoms with Crippen LogP contribution in [0.2, 0.25) is 0 Å². The van der Waals surface area contributed by atoms with Gasteiger partial charge in [-0.2, -0.15) is 24.9 Å². The number of carboxylic acids is 1. The topological polar surface area (TPSA) is 49.3 Å². The monoisotopic (exact) mass is 413 g/mol. The minimum atomic E-state index is -4.58. The van der Waals surface area contributed by atoms with Crippen molar-refractivity contribution >= 4 is 33.7 Å². The van der Waals surface area contributed by atoms with Gasteiger partial charge in [0.05, 0.1) is 0 Å². The molecular weight excluding hydrogens is 395 g/mol. The summed E-state index contributed by atoms with van der Waals surface area (Å²) in [5.41, 5.74) is -0.0131. The van der Waals surface area contributed by atoms with Crippen LogP contribution in [0.1, 0.15) is 25.5 Å². The third-order valence-electron chi connectivity index (χ3n) is 2.93. The van der Waals surface area contributed by atoms with E-state index >= 15 is 0 Å². The zero-order valence-electron chi connectivity index (χ0n) is 12.7. The van der Waals surface area contributed by atoms with E-state index in [2.05, 4.69) is 21.2 Å². The number of thioether (sulfide) groups is 1. The summed E-state index contributed by atoms with van der Waals surface area (Å²) in [7, 11) is 0. The maximum absolute atomic E-state index is 13.3. The van der Waals surface area contributed by atoms with E-state index in [-0.39, 0.29) is 11.3 Å². The first-order chi connectivity index (χ1) is 10.6. The van der Waals surface area contributed by atoms with Crippen molar-refractivity contribution < 1.29 is 23.1 Å². The van der Waals surface area contributed by atoms with Crippen LogP contribution in [0.15, 0.2) is 28.7 Å². The second-order valence-corrected chi connectivity index (χ2v) is 7.51. The van der Waals surface area contributed by atoms with Gasteiger partial charge in [-0.3, -0.25) is 10.1 Å². The second kappa shape index (κ2) is 8.94. The van der Waals surface area contributed by atoms with Gasteiger partial charge in [-0.25, -0.2) is 0 Å². The largest absolute Gasteiger partial charge is 0.480 e. The third-order valence-corrected chi connectivity index (χ3v) is 4.93. The number of aliphatic carboxylic acids is 1. The molecule has 3 nitrogen and oxygen atoms in total. The maximum Gasteiger partial charge on any atom is 0.407 e. The highest BCUT2D eigenvalue weighted by Gasteiger charge is 2.42. The first-order valence-electron chi connectivity index (χ1n) is 7.00. The van der Waals surface area contributed by atoms with E-state index in [1.807, 2.05) is 13.8 Å². The SMILES string of the molecule is CC(C)CSC[C@H](N[C@@H](c1ccc(Br)cc1)C(F)(F)F)C(=O)O. The summed E-state index contributed by atoms with van der Waals surface area (Å²) in [6, 6.07) is 2.37. The van der Waals surface area contributed by atoms with Gasteiger partial charge >= 0.3 is 12.1 Å². The lowest BCUT2D eigenvalue weighted by Gasteiger charge is -2.26. The van der Waals surface area contributed by atoms with Gasteiger partial charge in [-0.15, -0.1) is 0 Å². The Bertz CT molecular complexity index is 508. The molecule has 23 heavy (non-hydrogen) atoms. The molecule has 0 fully saturated rings. The number of halogens is 4. The van der Waals surface area contributed by atoms with Crippen LogP contribution in [0.4, 0.5) is 13.2 Å². The molecule has 1 aromatic rings. The number of carboxylic acid groups (broad SMARTS) is 1. The highest BCUT2D eigenvalue weighted by molar-refractivity contribution is 9.10. The lowest BCUT2D eigenvalue weighted by atomic mass is 10.1. The van der Waals surface area contributed by atoms with Gasteiger partial charge < -0.3 is 5.11 Å². The molecule has 0 aliphatic carbocycles. The summed E-state index contributed by atoms with van der Waals surface area (Å²) in [4.78, 5) is 11.3. The van der Waals surface area contributed by atoms with Crippen molar-refractivity contribution in [2.75, 3.05) is 11.5 Å². The van der Waals surface area contributed by atoms with Crippen LogP contribution in [0.3, 0.4) is 0 Å². The fourth-order valence-electron chi connectivity index (χ4n) is 1.85. The first kappa shape index (κ1) is 20.3. The van der Waals surface area contributed by atoms with Crippen LogP contribution in [-0.2, 0) is 4.79 Å². The molecule has 8 heteroatoms. The molecule has 0 saturated heterocycles. The number of alkyl halides is 3. The van der Waals surface area contributed by atoms with Crippen molar-refractivity contribution in [3.8, 4) is 0 Å². The molecular formula is C15H19BrF3NO2S. The highest BCUT2D eigenvalue weighted by Crippen LogP contribution is 2.33. The van der Waals surface area contributed by atoms with Crippen molar-refractivity contribution in [3.05, 3.63) is 34.3 Å². The zero-order valence-corrected chi connectivity index (χ0v) is 15.1. The third kappa shape index (κ3) is 7.14. The molecule has 0 amide bonds. The predicted molar refractivity (Wildman–Crippen MR) is 89.7 cm³/mol. The smallest absolute Gasteiger partial charge is 0.407 e. The summed E-state index contributed by atoms with van der Waals surface area (Å²) in [6.07, 6.45) is -4.58. The summed E-state index contributed by atoms with van der Waals surface area (Å²) >= 11 is 4.50. The summed E-state index contributed by atoms with van der Waals surface area (Å²) in [5.74, 6) is -0.163. The van der Waals surface area contributed by atoms with E-state index in [9.17, 15) is 23.1 Å². The zero-order chi connectivity index (χ0) is 17.6. The molecule has 0 aromatic heterocycles. The van der Waals surface area contributed by atoms with E-state index < -0.39 is 24.2 Å². The minimum absolute atomic E-state index is 0.0131. The van der Waals surface area contributed by atoms with Crippen LogP contribution in [0.25, 0.3) is 0 Å². The van der Waals surface area contributed by atoms with Crippen molar-refractivity contribution in [2.24, 2.45) is 5.92 Å². The Balaban J connectivity index is 2.89. The maximum atomic E-state index is 13.3. The van der Waals surface area contributed by atoms with Crippen molar-refractivity contribution in [3.63, 3.8) is 0 Å². The molecule has 0 aliphatic heterocycles. The van der Waals surface area contributed by atoms with Crippen LogP contribution >= 0.6 is 27.7 Å². The molecule has 2 atom stereocenters. The highest BCUT2D eigenvalue weighted by atomic mass is 79.9. The van der Waals surface area contributed by atoms with E-state index in [0.29, 0.717) is 16.1 Å². The molecule has 0 unspecified atom stereocenters. The molecule has 130 valence electrons. The van der Waals surface area contributed by atoms with Gasteiger partial charge in [0, 0.05) is 10.2 Å². The molecule has 0 heterocycles. The van der Waals surface area contributed by atoms with E-state index in [4.69, 9.17) is 0 Å². The van der Waals surface area contributed by atoms with Crippen LogP contribution in [0, 0.1) is 5.92 Å². The van der Waals surface area contributed by atoms with Crippen LogP contribution in [0.5, 0.6) is 0 Å². The van der Waals surface area contributed by atoms with Crippen LogP contribution in [-0.4, -0.2) is 34.8 Å². The molecule has 0 aliphatic rings. The Hall–Kier alpha value is -0.730. The Morgan fingerprint density at radius 2 is 1.83 bits per heavy atom. The Labute approximate surface area is 146 Å². The molecule has 1 aromatic carbocycles. The molecule has 1 rings (SSSR count). The minimum Gasteiger partial charge on any atom is -0.480 e. The Kier molecular flexibility index (Phi) is 7.89. The molecule has 0 bridgehead atoms. The number of nitrogens with one attached hydrogen (secondary N) is 1. The van der Waals surface area contributed by atoms with Gasteiger partial charge in [0.25, 0.3) is 0 Å². The average molecular weight is 414 g/mol. The van der Waals surface area contributed by atoms with Gasteiger partial charge in [-0.1, -0.05) is 41.9 Å². The van der Waals surface area contributed by atoms with Gasteiger partial charge in [-0.05, 0) is 29.4 Å². The van der Waals surface area contributed by atoms with Gasteiger partial charge in [0.1, 0.15) is 12.1 Å². The fraction of sp³-hybridized carbons (Fsp3) is 0.533. The summed E-state index contributed by atoms with van der Waals surface area (Å²) in [6.45, 7) is 3.94. The van der Waals surface area contributed by atoms with Gasteiger partial charge in [0.15, 0.2) is 0 Å². The standard InChI is InChI=1S/C15H19BrF3NO2S/c1-9(2)7-23-8-12(14(21)22)20-13(15(17,18)19)10-3-5-11(16)6-4-10/h3-6,9,12-13,20H,7-8H2,1-2H3,(H,21,22)/t12-,13-/m0/s1. The van der Waals surface area contributed by atoms with Crippen molar-refractivity contribution in [1.29, 1.82) is 0 Å². The Morgan fingerprint density at radius 1 is 1.26 bits per heavy atom. The number of benzene rings is 1. The van der Waals surface area contributed by atoms with Crippen molar-refractivity contribution in [1.82, 2.24) is 5.32 Å². The average Bonchev–Trinajstić information content (AvgIpc) is 2.42. The van der Waals surface area contributed by atoms with E-state index in [1.54, 1.807) is 0 Å². The summed E-state index contributed by atoms with van der Waals surface area (Å²) < 4.78 is 40.6. The first-order valence-corrected chi connectivity index (χ1v) is 8.94. The van der Waals surface area contributed by atoms with Crippen LogP contribution < -0.4 is 5.32 Å². The lowest BCUT2D eigenvalue weighted by molar-refractivity contribution is -0.162. The molecule has 0 saturated carbocycles. The number of hydrogen-bond acceptors (Lipinski definition) is 3. The lowest BCUT2D eigenvalue weighted by Crippen LogP contribution is -2.46. The molecule has 2 N–H and O–H groups in total. The summed E-state index contributed by atoms with van der Waals surface area (Å²) in [5, 5.41) is 11.4. The molecule has 0 radical (unpaired) electrons. The predicted octanol–water partition coefficient (Wildman–Crippen LogP) is 4.48. The molecule has 0 spiro atoms. The normalized spacial score (nSPS) is 14.7. The quantitative estimate of drug-likeness (QED) is 0.659. The fourth-order valence-corrected chi connectivity index (χ4v) is 3.19. The van der Waals surface area contributed by atoms with E-state index in [0.717, 1.165) is 0 Å².